The average molecular weight is 563 g/mol. The van der Waals surface area contributed by atoms with Crippen molar-refractivity contribution >= 4 is 46.2 Å². The number of aryl methyl sites for hydroxylation is 2. The molecule has 1 aliphatic heterocycles. The van der Waals surface area contributed by atoms with Gasteiger partial charge in [-0.2, -0.15) is 0 Å². The molecule has 204 valence electrons. The van der Waals surface area contributed by atoms with Gasteiger partial charge < -0.3 is 13.9 Å². The lowest BCUT2D eigenvalue weighted by Gasteiger charge is -2.19. The first-order chi connectivity index (χ1) is 18.6. The molecule has 1 aliphatic rings. The van der Waals surface area contributed by atoms with Crippen molar-refractivity contribution in [3.63, 3.8) is 0 Å². The Morgan fingerprint density at radius 2 is 1.79 bits per heavy atom. The molecule has 3 aromatic heterocycles. The van der Waals surface area contributed by atoms with Crippen LogP contribution in [0.2, 0.25) is 0 Å². The van der Waals surface area contributed by atoms with Gasteiger partial charge in [-0.25, -0.2) is 4.98 Å². The molecule has 0 saturated heterocycles. The molecule has 5 aromatic rings. The number of pyridine rings is 1. The van der Waals surface area contributed by atoms with E-state index >= 15 is 0 Å². The molecule has 0 fully saturated rings. The maximum absolute atomic E-state index is 5.99. The summed E-state index contributed by atoms with van der Waals surface area (Å²) in [4.78, 5) is 12.0. The first-order valence-electron chi connectivity index (χ1n) is 13.6. The summed E-state index contributed by atoms with van der Waals surface area (Å²) < 4.78 is 8.09. The van der Waals surface area contributed by atoms with Crippen molar-refractivity contribution in [1.82, 2.24) is 29.6 Å². The fourth-order valence-corrected chi connectivity index (χ4v) is 6.20. The lowest BCUT2D eigenvalue weighted by atomic mass is 10.0. The Kier molecular flexibility index (Phi) is 8.54. The molecular weight excluding hydrogens is 528 g/mol. The molecule has 6 rings (SSSR count). The monoisotopic (exact) mass is 562 g/mol. The Morgan fingerprint density at radius 3 is 2.62 bits per heavy atom. The summed E-state index contributed by atoms with van der Waals surface area (Å²) in [6.07, 6.45) is 5.21. The number of hydrogen-bond donors (Lipinski definition) is 0. The number of aromatic nitrogens is 5. The van der Waals surface area contributed by atoms with E-state index in [1.807, 2.05) is 13.0 Å². The number of halogens is 1. The minimum absolute atomic E-state index is 0. The van der Waals surface area contributed by atoms with Gasteiger partial charge in [0, 0.05) is 49.0 Å². The number of rotatable bonds is 8. The average Bonchev–Trinajstić information content (AvgIpc) is 3.41. The summed E-state index contributed by atoms with van der Waals surface area (Å²) in [6, 6.07) is 14.9. The van der Waals surface area contributed by atoms with Crippen molar-refractivity contribution < 1.29 is 4.42 Å². The van der Waals surface area contributed by atoms with Crippen LogP contribution in [0, 0.1) is 6.92 Å². The number of fused-ring (bicyclic) bond motifs is 3. The second-order valence-corrected chi connectivity index (χ2v) is 11.2. The quantitative estimate of drug-likeness (QED) is 0.159. The third-order valence-electron chi connectivity index (χ3n) is 7.41. The van der Waals surface area contributed by atoms with Gasteiger partial charge in [0.05, 0.1) is 5.52 Å². The summed E-state index contributed by atoms with van der Waals surface area (Å²) >= 11 is 1.79. The fraction of sp³-hybridized carbons (Fsp3) is 0.400. The molecule has 0 amide bonds. The number of hydrogen-bond acceptors (Lipinski definition) is 7. The van der Waals surface area contributed by atoms with Crippen LogP contribution in [0.15, 0.2) is 52.0 Å². The summed E-state index contributed by atoms with van der Waals surface area (Å²) in [7, 11) is 2.06. The number of benzene rings is 2. The predicted octanol–water partition coefficient (Wildman–Crippen LogP) is 6.44. The molecule has 0 N–H and O–H groups in total. The van der Waals surface area contributed by atoms with Crippen molar-refractivity contribution in [2.75, 3.05) is 25.4 Å². The molecule has 0 spiro atoms. The lowest BCUT2D eigenvalue weighted by Crippen LogP contribution is -2.27. The second-order valence-electron chi connectivity index (χ2n) is 10.2. The second kappa shape index (κ2) is 12.1. The lowest BCUT2D eigenvalue weighted by molar-refractivity contribution is 0.289. The minimum Gasteiger partial charge on any atom is -0.441 e. The molecule has 0 atom stereocenters. The summed E-state index contributed by atoms with van der Waals surface area (Å²) in [5.41, 5.74) is 7.88. The van der Waals surface area contributed by atoms with Crippen LogP contribution in [0.3, 0.4) is 0 Å². The van der Waals surface area contributed by atoms with E-state index in [2.05, 4.69) is 75.0 Å². The Morgan fingerprint density at radius 1 is 0.974 bits per heavy atom. The van der Waals surface area contributed by atoms with Crippen LogP contribution in [-0.2, 0) is 26.3 Å². The maximum Gasteiger partial charge on any atom is 0.195 e. The molecule has 0 unspecified atom stereocenters. The zero-order chi connectivity index (χ0) is 26.1. The van der Waals surface area contributed by atoms with Gasteiger partial charge in [0.2, 0.25) is 0 Å². The Balaban J connectivity index is 0.00000308. The summed E-state index contributed by atoms with van der Waals surface area (Å²) in [5, 5.41) is 11.1. The van der Waals surface area contributed by atoms with Crippen molar-refractivity contribution in [3.8, 4) is 11.4 Å². The van der Waals surface area contributed by atoms with Crippen LogP contribution in [0.1, 0.15) is 42.5 Å². The van der Waals surface area contributed by atoms with Crippen molar-refractivity contribution in [3.05, 3.63) is 65.2 Å². The zero-order valence-electron chi connectivity index (χ0n) is 22.8. The highest BCUT2D eigenvalue weighted by molar-refractivity contribution is 7.99. The van der Waals surface area contributed by atoms with Crippen molar-refractivity contribution in [1.29, 1.82) is 0 Å². The fourth-order valence-electron chi connectivity index (χ4n) is 5.36. The molecule has 0 saturated carbocycles. The van der Waals surface area contributed by atoms with Gasteiger partial charge in [-0.3, -0.25) is 4.98 Å². The van der Waals surface area contributed by atoms with Crippen LogP contribution in [-0.4, -0.2) is 55.0 Å². The molecule has 0 bridgehead atoms. The molecule has 9 heteroatoms. The summed E-state index contributed by atoms with van der Waals surface area (Å²) in [6.45, 7) is 7.45. The minimum atomic E-state index is 0. The smallest absolute Gasteiger partial charge is 0.195 e. The topological polar surface area (TPSA) is 72.9 Å². The van der Waals surface area contributed by atoms with E-state index in [0.29, 0.717) is 0 Å². The van der Waals surface area contributed by atoms with Gasteiger partial charge in [0.25, 0.3) is 0 Å². The molecule has 0 aliphatic carbocycles. The largest absolute Gasteiger partial charge is 0.441 e. The van der Waals surface area contributed by atoms with E-state index in [-0.39, 0.29) is 12.4 Å². The standard InChI is InChI=1S/C30H34N6OS.ClH/c1-4-7-28-32-26-18-21-12-15-36(16-13-22(21)19-27(26)37-28)14-6-17-38-30-34-33-29(35(30)3)24-8-5-9-25-23(24)11-10-20(2)31-25;/h5,8-11,18-19H,4,6-7,12-17H2,1-3H3;1H. The molecule has 39 heavy (non-hydrogen) atoms. The first-order valence-corrected chi connectivity index (χ1v) is 14.6. The van der Waals surface area contributed by atoms with Crippen molar-refractivity contribution in [2.24, 2.45) is 7.05 Å². The van der Waals surface area contributed by atoms with E-state index in [9.17, 15) is 0 Å². The molecule has 4 heterocycles. The highest BCUT2D eigenvalue weighted by Gasteiger charge is 2.18. The van der Waals surface area contributed by atoms with Gasteiger partial charge in [-0.1, -0.05) is 36.9 Å². The van der Waals surface area contributed by atoms with Gasteiger partial charge in [-0.15, -0.1) is 22.6 Å². The Bertz CT molecular complexity index is 1550. The van der Waals surface area contributed by atoms with Crippen LogP contribution in [0.4, 0.5) is 0 Å². The first kappa shape index (κ1) is 27.6. The van der Waals surface area contributed by atoms with E-state index in [0.717, 1.165) is 108 Å². The van der Waals surface area contributed by atoms with Crippen LogP contribution in [0.25, 0.3) is 33.4 Å². The Hall–Kier alpha value is -2.94. The summed E-state index contributed by atoms with van der Waals surface area (Å²) in [5.74, 6) is 2.76. The van der Waals surface area contributed by atoms with E-state index < -0.39 is 0 Å². The highest BCUT2D eigenvalue weighted by Crippen LogP contribution is 2.29. The number of oxazole rings is 1. The number of thioether (sulfide) groups is 1. The third-order valence-corrected chi connectivity index (χ3v) is 8.52. The van der Waals surface area contributed by atoms with E-state index in [1.165, 1.54) is 11.1 Å². The van der Waals surface area contributed by atoms with Crippen LogP contribution < -0.4 is 0 Å². The molecule has 7 nitrogen and oxygen atoms in total. The molecular formula is C30H35ClN6OS. The Labute approximate surface area is 239 Å². The van der Waals surface area contributed by atoms with Gasteiger partial charge in [0.15, 0.2) is 22.5 Å². The zero-order valence-corrected chi connectivity index (χ0v) is 24.4. The van der Waals surface area contributed by atoms with Crippen LogP contribution in [0.5, 0.6) is 0 Å². The van der Waals surface area contributed by atoms with Gasteiger partial charge >= 0.3 is 0 Å². The maximum atomic E-state index is 5.99. The van der Waals surface area contributed by atoms with E-state index in [4.69, 9.17) is 9.40 Å². The number of nitrogens with zero attached hydrogens (tertiary/aromatic N) is 6. The normalized spacial score (nSPS) is 13.9. The molecule has 2 aromatic carbocycles. The SMILES string of the molecule is CCCc1nc2cc3c(cc2o1)CCN(CCCSc1nnc(-c2cccc4nc(C)ccc24)n1C)CC3.Cl. The van der Waals surface area contributed by atoms with Gasteiger partial charge in [0.1, 0.15) is 5.52 Å². The molecule has 0 radical (unpaired) electrons. The van der Waals surface area contributed by atoms with Crippen LogP contribution >= 0.6 is 24.2 Å². The van der Waals surface area contributed by atoms with Gasteiger partial charge in [-0.05, 0) is 74.5 Å². The van der Waals surface area contributed by atoms with E-state index in [1.54, 1.807) is 11.8 Å². The van der Waals surface area contributed by atoms with Crippen molar-refractivity contribution in [2.45, 2.75) is 51.1 Å². The third kappa shape index (κ3) is 5.83. The predicted molar refractivity (Wildman–Crippen MR) is 161 cm³/mol. The highest BCUT2D eigenvalue weighted by atomic mass is 35.5.